The molecule has 0 aliphatic carbocycles. The number of benzene rings is 1. The molecule has 0 fully saturated rings. The summed E-state index contributed by atoms with van der Waals surface area (Å²) >= 11 is 1.68. The Labute approximate surface area is 118 Å². The number of rotatable bonds is 7. The predicted octanol–water partition coefficient (Wildman–Crippen LogP) is 2.24. The van der Waals surface area contributed by atoms with Gasteiger partial charge in [0.15, 0.2) is 0 Å². The fraction of sp³-hybridized carbons (Fsp3) is 0.333. The maximum Gasteiger partial charge on any atom is 0.0558 e. The highest BCUT2D eigenvalue weighted by Gasteiger charge is 2.19. The molecule has 0 saturated carbocycles. The number of thiophene rings is 1. The fourth-order valence-corrected chi connectivity index (χ4v) is 2.96. The summed E-state index contributed by atoms with van der Waals surface area (Å²) in [7, 11) is 0. The van der Waals surface area contributed by atoms with Gasteiger partial charge in [-0.1, -0.05) is 30.3 Å². The first-order valence-electron chi connectivity index (χ1n) is 6.46. The van der Waals surface area contributed by atoms with E-state index in [9.17, 15) is 5.11 Å². The van der Waals surface area contributed by atoms with Gasteiger partial charge in [-0.3, -0.25) is 4.90 Å². The van der Waals surface area contributed by atoms with Crippen molar-refractivity contribution in [1.82, 2.24) is 4.90 Å². The van der Waals surface area contributed by atoms with E-state index in [0.717, 1.165) is 6.54 Å². The van der Waals surface area contributed by atoms with Crippen LogP contribution in [-0.2, 0) is 6.54 Å². The van der Waals surface area contributed by atoms with Gasteiger partial charge in [0.1, 0.15) is 0 Å². The van der Waals surface area contributed by atoms with Gasteiger partial charge in [-0.2, -0.15) is 11.3 Å². The number of hydrogen-bond donors (Lipinski definition) is 2. The molecule has 0 aliphatic rings. The molecule has 4 heteroatoms. The molecule has 1 aromatic heterocycles. The molecule has 2 rings (SSSR count). The van der Waals surface area contributed by atoms with E-state index in [0.29, 0.717) is 13.1 Å². The molecule has 19 heavy (non-hydrogen) atoms. The first-order valence-corrected chi connectivity index (χ1v) is 7.40. The van der Waals surface area contributed by atoms with Crippen LogP contribution in [0.5, 0.6) is 0 Å². The predicted molar refractivity (Wildman–Crippen MR) is 80.1 cm³/mol. The van der Waals surface area contributed by atoms with E-state index in [-0.39, 0.29) is 12.6 Å². The molecule has 3 nitrogen and oxygen atoms in total. The second-order valence-electron chi connectivity index (χ2n) is 4.49. The number of nitrogens with zero attached hydrogens (tertiary/aromatic N) is 1. The molecule has 3 N–H and O–H groups in total. The smallest absolute Gasteiger partial charge is 0.0558 e. The number of nitrogens with two attached hydrogens (primary N) is 1. The summed E-state index contributed by atoms with van der Waals surface area (Å²) in [5.74, 6) is 0. The lowest BCUT2D eigenvalue weighted by molar-refractivity contribution is 0.146. The molecule has 0 saturated heterocycles. The number of aliphatic hydroxyl groups excluding tert-OH is 1. The fourth-order valence-electron chi connectivity index (χ4n) is 2.25. The van der Waals surface area contributed by atoms with Crippen LogP contribution >= 0.6 is 11.3 Å². The van der Waals surface area contributed by atoms with E-state index < -0.39 is 0 Å². The normalized spacial score (nSPS) is 12.8. The Morgan fingerprint density at radius 2 is 2.00 bits per heavy atom. The molecule has 0 bridgehead atoms. The van der Waals surface area contributed by atoms with Crippen molar-refractivity contribution >= 4 is 11.3 Å². The van der Waals surface area contributed by atoms with Gasteiger partial charge in [-0.05, 0) is 28.0 Å². The van der Waals surface area contributed by atoms with Crippen LogP contribution in [0.25, 0.3) is 0 Å². The van der Waals surface area contributed by atoms with Crippen molar-refractivity contribution in [1.29, 1.82) is 0 Å². The van der Waals surface area contributed by atoms with Gasteiger partial charge in [0.2, 0.25) is 0 Å². The molecular formula is C15H20N2OS. The Bertz CT molecular complexity index is 458. The van der Waals surface area contributed by atoms with Gasteiger partial charge in [0.25, 0.3) is 0 Å². The molecule has 0 radical (unpaired) electrons. The first-order chi connectivity index (χ1) is 9.35. The van der Waals surface area contributed by atoms with E-state index in [2.05, 4.69) is 33.9 Å². The Morgan fingerprint density at radius 3 is 2.58 bits per heavy atom. The van der Waals surface area contributed by atoms with Crippen LogP contribution in [0.3, 0.4) is 0 Å². The molecular weight excluding hydrogens is 256 g/mol. The zero-order valence-electron chi connectivity index (χ0n) is 10.9. The summed E-state index contributed by atoms with van der Waals surface area (Å²) in [5, 5.41) is 13.5. The molecule has 0 aliphatic heterocycles. The Kier molecular flexibility index (Phi) is 5.54. The maximum absolute atomic E-state index is 9.28. The molecule has 102 valence electrons. The number of aliphatic hydroxyl groups is 1. The molecule has 2 aromatic rings. The highest BCUT2D eigenvalue weighted by molar-refractivity contribution is 7.07. The van der Waals surface area contributed by atoms with E-state index in [1.54, 1.807) is 11.3 Å². The van der Waals surface area contributed by atoms with Crippen molar-refractivity contribution in [3.63, 3.8) is 0 Å². The van der Waals surface area contributed by atoms with E-state index in [1.807, 2.05) is 18.2 Å². The minimum Gasteiger partial charge on any atom is -0.395 e. The summed E-state index contributed by atoms with van der Waals surface area (Å²) in [4.78, 5) is 2.23. The average Bonchev–Trinajstić information content (AvgIpc) is 2.95. The molecule has 1 atom stereocenters. The third-order valence-corrected chi connectivity index (χ3v) is 3.91. The van der Waals surface area contributed by atoms with Crippen LogP contribution in [-0.4, -0.2) is 29.7 Å². The van der Waals surface area contributed by atoms with Gasteiger partial charge < -0.3 is 10.8 Å². The molecule has 1 aromatic carbocycles. The monoisotopic (exact) mass is 276 g/mol. The molecule has 1 unspecified atom stereocenters. The SMILES string of the molecule is NCC(c1ccsc1)N(CCO)Cc1ccccc1. The van der Waals surface area contributed by atoms with E-state index in [4.69, 9.17) is 5.73 Å². The standard InChI is InChI=1S/C15H20N2OS/c16-10-15(14-6-9-19-12-14)17(7-8-18)11-13-4-2-1-3-5-13/h1-6,9,12,15,18H,7-8,10-11,16H2. The van der Waals surface area contributed by atoms with Crippen LogP contribution in [0.4, 0.5) is 0 Å². The van der Waals surface area contributed by atoms with Crippen molar-refractivity contribution in [3.05, 3.63) is 58.3 Å². The lowest BCUT2D eigenvalue weighted by Gasteiger charge is -2.30. The summed E-state index contributed by atoms with van der Waals surface area (Å²) < 4.78 is 0. The zero-order chi connectivity index (χ0) is 13.5. The van der Waals surface area contributed by atoms with E-state index in [1.165, 1.54) is 11.1 Å². The Morgan fingerprint density at radius 1 is 1.21 bits per heavy atom. The summed E-state index contributed by atoms with van der Waals surface area (Å²) in [6, 6.07) is 12.6. The largest absolute Gasteiger partial charge is 0.395 e. The van der Waals surface area contributed by atoms with Gasteiger partial charge in [-0.25, -0.2) is 0 Å². The topological polar surface area (TPSA) is 49.5 Å². The van der Waals surface area contributed by atoms with E-state index >= 15 is 0 Å². The zero-order valence-corrected chi connectivity index (χ0v) is 11.7. The van der Waals surface area contributed by atoms with Gasteiger partial charge in [-0.15, -0.1) is 0 Å². The first kappa shape index (κ1) is 14.2. The van der Waals surface area contributed by atoms with Crippen molar-refractivity contribution in [2.45, 2.75) is 12.6 Å². The van der Waals surface area contributed by atoms with Crippen LogP contribution in [0.1, 0.15) is 17.2 Å². The minimum absolute atomic E-state index is 0.146. The van der Waals surface area contributed by atoms with Crippen molar-refractivity contribution < 1.29 is 5.11 Å². The summed E-state index contributed by atoms with van der Waals surface area (Å²) in [6.45, 7) is 2.14. The van der Waals surface area contributed by atoms with Gasteiger partial charge in [0.05, 0.1) is 6.61 Å². The lowest BCUT2D eigenvalue weighted by Crippen LogP contribution is -2.35. The maximum atomic E-state index is 9.28. The Balaban J connectivity index is 2.14. The highest BCUT2D eigenvalue weighted by atomic mass is 32.1. The van der Waals surface area contributed by atoms with Crippen LogP contribution in [0.2, 0.25) is 0 Å². The van der Waals surface area contributed by atoms with Crippen LogP contribution in [0, 0.1) is 0 Å². The van der Waals surface area contributed by atoms with Crippen molar-refractivity contribution in [3.8, 4) is 0 Å². The van der Waals surface area contributed by atoms with Crippen molar-refractivity contribution in [2.75, 3.05) is 19.7 Å². The summed E-state index contributed by atoms with van der Waals surface area (Å²) in [5.41, 5.74) is 8.40. The second-order valence-corrected chi connectivity index (χ2v) is 5.27. The quantitative estimate of drug-likeness (QED) is 0.815. The van der Waals surface area contributed by atoms with Crippen LogP contribution < -0.4 is 5.73 Å². The second kappa shape index (κ2) is 7.40. The van der Waals surface area contributed by atoms with Crippen molar-refractivity contribution in [2.24, 2.45) is 5.73 Å². The van der Waals surface area contributed by atoms with Gasteiger partial charge in [0, 0.05) is 25.7 Å². The molecule has 1 heterocycles. The highest BCUT2D eigenvalue weighted by Crippen LogP contribution is 2.23. The third kappa shape index (κ3) is 3.88. The van der Waals surface area contributed by atoms with Gasteiger partial charge >= 0.3 is 0 Å². The average molecular weight is 276 g/mol. The molecule has 0 amide bonds. The van der Waals surface area contributed by atoms with Crippen LogP contribution in [0.15, 0.2) is 47.2 Å². The number of hydrogen-bond acceptors (Lipinski definition) is 4. The lowest BCUT2D eigenvalue weighted by atomic mass is 10.1. The third-order valence-electron chi connectivity index (χ3n) is 3.21. The summed E-state index contributed by atoms with van der Waals surface area (Å²) in [6.07, 6.45) is 0. The minimum atomic E-state index is 0.146. The Hall–Kier alpha value is -1.20. The molecule has 0 spiro atoms.